The van der Waals surface area contributed by atoms with Gasteiger partial charge >= 0.3 is 0 Å². The predicted octanol–water partition coefficient (Wildman–Crippen LogP) is 2.84. The zero-order valence-corrected chi connectivity index (χ0v) is 11.1. The highest BCUT2D eigenvalue weighted by Gasteiger charge is 2.06. The molecule has 0 unspecified atom stereocenters. The van der Waals surface area contributed by atoms with Crippen molar-refractivity contribution in [1.82, 2.24) is 19.5 Å². The lowest BCUT2D eigenvalue weighted by atomic mass is 10.1. The van der Waals surface area contributed by atoms with Crippen LogP contribution in [0.2, 0.25) is 0 Å². The van der Waals surface area contributed by atoms with Crippen molar-refractivity contribution in [1.29, 1.82) is 0 Å². The van der Waals surface area contributed by atoms with Gasteiger partial charge in [0.25, 0.3) is 0 Å². The number of benzene rings is 1. The van der Waals surface area contributed by atoms with Crippen LogP contribution in [0.5, 0.6) is 0 Å². The Hall–Kier alpha value is -2.69. The number of nitrogens with zero attached hydrogens (tertiary/aromatic N) is 4. The standard InChI is InChI=1S/C15H15N5/c1-12(13-5-3-2-4-6-13)18-14-9-17-10-15(19-14)20-8-7-16-11-20/h2-12H,1H3,(H,18,19)/t12-/m1/s1. The van der Waals surface area contributed by atoms with Crippen LogP contribution in [0.25, 0.3) is 5.82 Å². The van der Waals surface area contributed by atoms with E-state index in [2.05, 4.69) is 39.3 Å². The minimum atomic E-state index is 0.170. The van der Waals surface area contributed by atoms with Crippen molar-refractivity contribution < 1.29 is 0 Å². The van der Waals surface area contributed by atoms with E-state index in [0.29, 0.717) is 0 Å². The summed E-state index contributed by atoms with van der Waals surface area (Å²) in [5.41, 5.74) is 1.21. The Balaban J connectivity index is 1.80. The van der Waals surface area contributed by atoms with Crippen molar-refractivity contribution in [2.75, 3.05) is 5.32 Å². The molecule has 2 aromatic heterocycles. The van der Waals surface area contributed by atoms with E-state index in [1.165, 1.54) is 5.56 Å². The van der Waals surface area contributed by atoms with E-state index in [0.717, 1.165) is 11.6 Å². The Bertz CT molecular complexity index is 664. The van der Waals surface area contributed by atoms with Crippen molar-refractivity contribution in [2.24, 2.45) is 0 Å². The summed E-state index contributed by atoms with van der Waals surface area (Å²) in [6, 6.07) is 10.4. The van der Waals surface area contributed by atoms with Gasteiger partial charge in [-0.2, -0.15) is 0 Å². The average Bonchev–Trinajstić information content (AvgIpc) is 3.03. The SMILES string of the molecule is C[C@@H](Nc1cncc(-n2ccnc2)n1)c1ccccc1. The van der Waals surface area contributed by atoms with E-state index in [4.69, 9.17) is 0 Å². The van der Waals surface area contributed by atoms with Crippen LogP contribution >= 0.6 is 0 Å². The van der Waals surface area contributed by atoms with E-state index >= 15 is 0 Å². The number of imidazole rings is 1. The largest absolute Gasteiger partial charge is 0.362 e. The lowest BCUT2D eigenvalue weighted by molar-refractivity contribution is 0.863. The van der Waals surface area contributed by atoms with Gasteiger partial charge in [-0.1, -0.05) is 30.3 Å². The van der Waals surface area contributed by atoms with Gasteiger partial charge in [-0.15, -0.1) is 0 Å². The van der Waals surface area contributed by atoms with E-state index in [9.17, 15) is 0 Å². The van der Waals surface area contributed by atoms with Crippen LogP contribution in [0, 0.1) is 0 Å². The van der Waals surface area contributed by atoms with Crippen molar-refractivity contribution >= 4 is 5.82 Å². The van der Waals surface area contributed by atoms with Gasteiger partial charge in [0.1, 0.15) is 12.1 Å². The molecular formula is C15H15N5. The van der Waals surface area contributed by atoms with Gasteiger partial charge in [-0.05, 0) is 12.5 Å². The lowest BCUT2D eigenvalue weighted by Crippen LogP contribution is -2.09. The Labute approximate surface area is 117 Å². The van der Waals surface area contributed by atoms with Crippen molar-refractivity contribution in [2.45, 2.75) is 13.0 Å². The molecule has 5 nitrogen and oxygen atoms in total. The second kappa shape index (κ2) is 5.52. The van der Waals surface area contributed by atoms with Crippen LogP contribution in [-0.2, 0) is 0 Å². The van der Waals surface area contributed by atoms with Crippen molar-refractivity contribution in [3.8, 4) is 5.82 Å². The summed E-state index contributed by atoms with van der Waals surface area (Å²) >= 11 is 0. The molecule has 0 fully saturated rings. The van der Waals surface area contributed by atoms with Gasteiger partial charge < -0.3 is 5.32 Å². The van der Waals surface area contributed by atoms with Crippen LogP contribution in [0.15, 0.2) is 61.4 Å². The maximum Gasteiger partial charge on any atom is 0.158 e. The molecule has 1 N–H and O–H groups in total. The molecular weight excluding hydrogens is 250 g/mol. The summed E-state index contributed by atoms with van der Waals surface area (Å²) < 4.78 is 1.82. The maximum atomic E-state index is 4.53. The third-order valence-electron chi connectivity index (χ3n) is 3.05. The molecule has 1 atom stereocenters. The lowest BCUT2D eigenvalue weighted by Gasteiger charge is -2.15. The summed E-state index contributed by atoms with van der Waals surface area (Å²) in [5, 5.41) is 3.35. The monoisotopic (exact) mass is 265 g/mol. The second-order valence-electron chi connectivity index (χ2n) is 4.51. The fraction of sp³-hybridized carbons (Fsp3) is 0.133. The van der Waals surface area contributed by atoms with Crippen LogP contribution in [0.3, 0.4) is 0 Å². The number of nitrogens with one attached hydrogen (secondary N) is 1. The van der Waals surface area contributed by atoms with E-state index in [1.54, 1.807) is 24.9 Å². The molecule has 0 amide bonds. The van der Waals surface area contributed by atoms with E-state index in [-0.39, 0.29) is 6.04 Å². The molecule has 100 valence electrons. The quantitative estimate of drug-likeness (QED) is 0.788. The molecule has 0 saturated carbocycles. The number of hydrogen-bond acceptors (Lipinski definition) is 4. The minimum absolute atomic E-state index is 0.170. The Morgan fingerprint density at radius 1 is 1.10 bits per heavy atom. The zero-order chi connectivity index (χ0) is 13.8. The molecule has 0 saturated heterocycles. The van der Waals surface area contributed by atoms with Crippen LogP contribution in [0.1, 0.15) is 18.5 Å². The number of hydrogen-bond donors (Lipinski definition) is 1. The van der Waals surface area contributed by atoms with E-state index < -0.39 is 0 Å². The second-order valence-corrected chi connectivity index (χ2v) is 4.51. The molecule has 20 heavy (non-hydrogen) atoms. The molecule has 0 spiro atoms. The molecule has 0 bridgehead atoms. The number of anilines is 1. The number of rotatable bonds is 4. The van der Waals surface area contributed by atoms with Gasteiger partial charge in [0.2, 0.25) is 0 Å². The summed E-state index contributed by atoms with van der Waals surface area (Å²) in [7, 11) is 0. The van der Waals surface area contributed by atoms with Crippen molar-refractivity contribution in [3.05, 3.63) is 67.0 Å². The predicted molar refractivity (Wildman–Crippen MR) is 77.6 cm³/mol. The molecule has 0 radical (unpaired) electrons. The van der Waals surface area contributed by atoms with Crippen LogP contribution in [0.4, 0.5) is 5.82 Å². The molecule has 0 aliphatic rings. The maximum absolute atomic E-state index is 4.53. The van der Waals surface area contributed by atoms with Crippen LogP contribution in [-0.4, -0.2) is 19.5 Å². The zero-order valence-electron chi connectivity index (χ0n) is 11.1. The topological polar surface area (TPSA) is 55.6 Å². The van der Waals surface area contributed by atoms with Gasteiger partial charge in [0.05, 0.1) is 12.4 Å². The first-order valence-corrected chi connectivity index (χ1v) is 6.45. The molecule has 2 heterocycles. The summed E-state index contributed by atoms with van der Waals surface area (Å²) in [6.45, 7) is 2.10. The summed E-state index contributed by atoms with van der Waals surface area (Å²) in [6.07, 6.45) is 8.69. The Morgan fingerprint density at radius 2 is 1.95 bits per heavy atom. The first-order chi connectivity index (χ1) is 9.83. The number of aromatic nitrogens is 4. The molecule has 3 rings (SSSR count). The Morgan fingerprint density at radius 3 is 2.70 bits per heavy atom. The van der Waals surface area contributed by atoms with Crippen molar-refractivity contribution in [3.63, 3.8) is 0 Å². The van der Waals surface area contributed by atoms with Gasteiger partial charge in [0.15, 0.2) is 5.82 Å². The summed E-state index contributed by atoms with van der Waals surface area (Å²) in [4.78, 5) is 12.8. The third-order valence-corrected chi connectivity index (χ3v) is 3.05. The van der Waals surface area contributed by atoms with Gasteiger partial charge in [0, 0.05) is 18.4 Å². The van der Waals surface area contributed by atoms with E-state index in [1.807, 2.05) is 29.0 Å². The molecule has 0 aliphatic heterocycles. The average molecular weight is 265 g/mol. The first-order valence-electron chi connectivity index (χ1n) is 6.45. The highest BCUT2D eigenvalue weighted by atomic mass is 15.1. The fourth-order valence-electron chi connectivity index (χ4n) is 1.99. The highest BCUT2D eigenvalue weighted by Crippen LogP contribution is 2.17. The summed E-state index contributed by atoms with van der Waals surface area (Å²) in [5.74, 6) is 1.49. The smallest absolute Gasteiger partial charge is 0.158 e. The molecule has 3 aromatic rings. The first kappa shape index (κ1) is 12.3. The van der Waals surface area contributed by atoms with Crippen LogP contribution < -0.4 is 5.32 Å². The molecule has 5 heteroatoms. The third kappa shape index (κ3) is 2.66. The van der Waals surface area contributed by atoms with Gasteiger partial charge in [-0.3, -0.25) is 9.55 Å². The molecule has 1 aromatic carbocycles. The highest BCUT2D eigenvalue weighted by molar-refractivity contribution is 5.39. The van der Waals surface area contributed by atoms with Gasteiger partial charge in [-0.25, -0.2) is 9.97 Å². The fourth-order valence-corrected chi connectivity index (χ4v) is 1.99. The minimum Gasteiger partial charge on any atom is -0.362 e. The normalized spacial score (nSPS) is 12.1. The molecule has 0 aliphatic carbocycles. The Kier molecular flexibility index (Phi) is 3.41.